The van der Waals surface area contributed by atoms with E-state index in [2.05, 4.69) is 38.2 Å². The molecule has 340 valence electrons. The first-order valence-corrected chi connectivity index (χ1v) is 24.4. The smallest absolute Gasteiger partial charge is 0.362 e. The second-order valence-electron chi connectivity index (χ2n) is 17.7. The van der Waals surface area contributed by atoms with Crippen LogP contribution in [0.25, 0.3) is 0 Å². The van der Waals surface area contributed by atoms with E-state index in [4.69, 9.17) is 14.2 Å². The minimum Gasteiger partial charge on any atom is -0.477 e. The summed E-state index contributed by atoms with van der Waals surface area (Å²) in [5.74, 6) is -1.46. The first-order valence-electron chi connectivity index (χ1n) is 24.4. The summed E-state index contributed by atoms with van der Waals surface area (Å²) >= 11 is 0. The average molecular weight is 821 g/mol. The maximum absolute atomic E-state index is 12.7. The van der Waals surface area contributed by atoms with Crippen molar-refractivity contribution in [1.82, 2.24) is 0 Å². The molecule has 0 saturated carbocycles. The quantitative estimate of drug-likeness (QED) is 0.0283. The van der Waals surface area contributed by atoms with Crippen LogP contribution >= 0.6 is 0 Å². The Morgan fingerprint density at radius 1 is 0.517 bits per heavy atom. The van der Waals surface area contributed by atoms with Gasteiger partial charge in [-0.25, -0.2) is 4.79 Å². The monoisotopic (exact) mass is 821 g/mol. The number of carbonyl (C=O) groups excluding carboxylic acids is 2. The van der Waals surface area contributed by atoms with Gasteiger partial charge in [-0.1, -0.05) is 186 Å². The summed E-state index contributed by atoms with van der Waals surface area (Å²) < 4.78 is 17.3. The second kappa shape index (κ2) is 41.5. The van der Waals surface area contributed by atoms with E-state index in [9.17, 15) is 19.5 Å². The zero-order valence-electron chi connectivity index (χ0n) is 38.8. The number of ether oxygens (including phenoxy) is 3. The molecule has 0 amide bonds. The van der Waals surface area contributed by atoms with Crippen LogP contribution in [0.15, 0.2) is 24.3 Å². The topological polar surface area (TPSA) is 99.1 Å². The molecule has 0 aromatic carbocycles. The van der Waals surface area contributed by atoms with Gasteiger partial charge in [-0.05, 0) is 44.9 Å². The van der Waals surface area contributed by atoms with Crippen LogP contribution < -0.4 is 0 Å². The molecule has 0 aromatic rings. The number of aliphatic carboxylic acids is 1. The molecule has 1 N–H and O–H groups in total. The Hall–Kier alpha value is -2.19. The summed E-state index contributed by atoms with van der Waals surface area (Å²) in [6, 6.07) is -0.613. The lowest BCUT2D eigenvalue weighted by atomic mass is 10.0. The summed E-state index contributed by atoms with van der Waals surface area (Å²) in [5, 5.41) is 9.63. The number of allylic oxidation sites excluding steroid dienone is 4. The SMILES string of the molecule is CCCCCCCCCC/C=C/C/C=C/CCCCCCCCCC(=O)OCC(COCCC(C(=O)O)[N+](C)(C)C)OC(=O)CCCCCCCCCCCCCC. The van der Waals surface area contributed by atoms with Gasteiger partial charge in [0, 0.05) is 19.3 Å². The van der Waals surface area contributed by atoms with Gasteiger partial charge in [0.1, 0.15) is 6.61 Å². The van der Waals surface area contributed by atoms with Gasteiger partial charge < -0.3 is 23.8 Å². The van der Waals surface area contributed by atoms with Gasteiger partial charge in [0.05, 0.1) is 34.4 Å². The first kappa shape index (κ1) is 55.8. The standard InChI is InChI=1S/C50H93NO7/c1-6-8-10-12-14-16-18-20-21-22-23-24-25-26-27-28-29-31-32-34-36-38-40-48(52)57-45-46(44-56-43-42-47(50(54)55)51(3,4)5)58-49(53)41-39-37-35-33-30-19-17-15-13-11-9-7-2/h22-23,25-26,46-47H,6-21,24,27-45H2,1-5H3/p+1/b23-22+,26-25+. The predicted octanol–water partition coefficient (Wildman–Crippen LogP) is 13.6. The Balaban J connectivity index is 4.21. The fourth-order valence-electron chi connectivity index (χ4n) is 7.30. The number of rotatable bonds is 44. The third-order valence-electron chi connectivity index (χ3n) is 11.1. The number of hydrogen-bond acceptors (Lipinski definition) is 6. The molecule has 8 heteroatoms. The van der Waals surface area contributed by atoms with Crippen molar-refractivity contribution in [3.63, 3.8) is 0 Å². The number of carboxylic acid groups (broad SMARTS) is 1. The lowest BCUT2D eigenvalue weighted by molar-refractivity contribution is -0.887. The van der Waals surface area contributed by atoms with Crippen molar-refractivity contribution in [1.29, 1.82) is 0 Å². The zero-order chi connectivity index (χ0) is 42.8. The van der Waals surface area contributed by atoms with E-state index in [1.807, 2.05) is 21.1 Å². The van der Waals surface area contributed by atoms with Crippen molar-refractivity contribution in [2.45, 2.75) is 238 Å². The molecule has 0 aliphatic carbocycles. The molecular weight excluding hydrogens is 727 g/mol. The van der Waals surface area contributed by atoms with E-state index in [0.717, 1.165) is 51.4 Å². The van der Waals surface area contributed by atoms with Crippen LogP contribution in [0.4, 0.5) is 0 Å². The third-order valence-corrected chi connectivity index (χ3v) is 11.1. The second-order valence-corrected chi connectivity index (χ2v) is 17.7. The largest absolute Gasteiger partial charge is 0.477 e. The Bertz CT molecular complexity index is 1000. The maximum Gasteiger partial charge on any atom is 0.362 e. The van der Waals surface area contributed by atoms with Gasteiger partial charge >= 0.3 is 17.9 Å². The molecular formula is C50H94NO7+. The zero-order valence-corrected chi connectivity index (χ0v) is 38.8. The molecule has 58 heavy (non-hydrogen) atoms. The Kier molecular flexibility index (Phi) is 40.0. The fraction of sp³-hybridized carbons (Fsp3) is 0.860. The predicted molar refractivity (Wildman–Crippen MR) is 243 cm³/mol. The van der Waals surface area contributed by atoms with Gasteiger partial charge in [-0.3, -0.25) is 9.59 Å². The van der Waals surface area contributed by atoms with Crippen LogP contribution in [0, 0.1) is 0 Å². The van der Waals surface area contributed by atoms with E-state index >= 15 is 0 Å². The Morgan fingerprint density at radius 2 is 0.914 bits per heavy atom. The first-order chi connectivity index (χ1) is 28.1. The summed E-state index contributed by atoms with van der Waals surface area (Å²) in [4.78, 5) is 37.0. The average Bonchev–Trinajstić information content (AvgIpc) is 3.18. The Morgan fingerprint density at radius 3 is 1.33 bits per heavy atom. The van der Waals surface area contributed by atoms with Crippen molar-refractivity contribution in [3.8, 4) is 0 Å². The number of unbranched alkanes of at least 4 members (excludes halogenated alkanes) is 26. The number of quaternary nitrogens is 1. The summed E-state index contributed by atoms with van der Waals surface area (Å²) in [6.45, 7) is 4.75. The molecule has 0 aliphatic rings. The summed E-state index contributed by atoms with van der Waals surface area (Å²) in [6.07, 6.45) is 46.5. The normalized spacial score (nSPS) is 13.1. The van der Waals surface area contributed by atoms with E-state index in [1.54, 1.807) is 0 Å². The van der Waals surface area contributed by atoms with E-state index in [-0.39, 0.29) is 36.2 Å². The van der Waals surface area contributed by atoms with Crippen LogP contribution in [-0.4, -0.2) is 80.6 Å². The number of hydrogen-bond donors (Lipinski definition) is 1. The van der Waals surface area contributed by atoms with Gasteiger partial charge in [0.2, 0.25) is 0 Å². The molecule has 0 bridgehead atoms. The van der Waals surface area contributed by atoms with Crippen molar-refractivity contribution in [2.75, 3.05) is 41.0 Å². The third kappa shape index (κ3) is 39.3. The lowest BCUT2D eigenvalue weighted by Crippen LogP contribution is -2.50. The molecule has 0 aromatic heterocycles. The van der Waals surface area contributed by atoms with Gasteiger partial charge in [-0.15, -0.1) is 0 Å². The van der Waals surface area contributed by atoms with Crippen LogP contribution in [0.3, 0.4) is 0 Å². The number of likely N-dealkylation sites (N-methyl/N-ethyl adjacent to an activating group) is 1. The molecule has 0 heterocycles. The van der Waals surface area contributed by atoms with Crippen molar-refractivity contribution < 1.29 is 38.2 Å². The van der Waals surface area contributed by atoms with Crippen LogP contribution in [-0.2, 0) is 28.6 Å². The minimum absolute atomic E-state index is 0.0508. The number of esters is 2. The molecule has 0 spiro atoms. The Labute approximate surface area is 358 Å². The van der Waals surface area contributed by atoms with Crippen LogP contribution in [0.2, 0.25) is 0 Å². The molecule has 0 rings (SSSR count). The maximum atomic E-state index is 12.7. The van der Waals surface area contributed by atoms with Gasteiger partial charge in [-0.2, -0.15) is 0 Å². The number of carboxylic acids is 1. The van der Waals surface area contributed by atoms with Gasteiger partial charge in [0.25, 0.3) is 0 Å². The molecule has 2 atom stereocenters. The van der Waals surface area contributed by atoms with Gasteiger partial charge in [0.15, 0.2) is 12.1 Å². The highest BCUT2D eigenvalue weighted by Crippen LogP contribution is 2.15. The highest BCUT2D eigenvalue weighted by atomic mass is 16.6. The highest BCUT2D eigenvalue weighted by Gasteiger charge is 2.31. The van der Waals surface area contributed by atoms with Crippen LogP contribution in [0.1, 0.15) is 226 Å². The lowest BCUT2D eigenvalue weighted by Gasteiger charge is -2.31. The van der Waals surface area contributed by atoms with Crippen molar-refractivity contribution >= 4 is 17.9 Å². The van der Waals surface area contributed by atoms with Crippen molar-refractivity contribution in [2.24, 2.45) is 0 Å². The highest BCUT2D eigenvalue weighted by molar-refractivity contribution is 5.72. The molecule has 0 aliphatic heterocycles. The summed E-state index contributed by atoms with van der Waals surface area (Å²) in [7, 11) is 5.53. The number of nitrogens with zero attached hydrogens (tertiary/aromatic N) is 1. The van der Waals surface area contributed by atoms with Crippen LogP contribution in [0.5, 0.6) is 0 Å². The molecule has 8 nitrogen and oxygen atoms in total. The summed E-state index contributed by atoms with van der Waals surface area (Å²) in [5.41, 5.74) is 0. The number of carbonyl (C=O) groups is 3. The fourth-order valence-corrected chi connectivity index (χ4v) is 7.30. The van der Waals surface area contributed by atoms with E-state index < -0.39 is 18.1 Å². The van der Waals surface area contributed by atoms with E-state index in [1.165, 1.54) is 141 Å². The molecule has 0 fully saturated rings. The minimum atomic E-state index is -0.874. The van der Waals surface area contributed by atoms with E-state index in [0.29, 0.717) is 19.3 Å². The van der Waals surface area contributed by atoms with Crippen molar-refractivity contribution in [3.05, 3.63) is 24.3 Å². The molecule has 0 radical (unpaired) electrons. The molecule has 0 saturated heterocycles. The molecule has 2 unspecified atom stereocenters.